The molecule has 0 bridgehead atoms. The highest BCUT2D eigenvalue weighted by Crippen LogP contribution is 2.37. The lowest BCUT2D eigenvalue weighted by molar-refractivity contribution is 1.24. The Balaban J connectivity index is 1.91. The van der Waals surface area contributed by atoms with Crippen LogP contribution in [0.25, 0.3) is 31.9 Å². The normalized spacial score (nSPS) is 11.0. The lowest BCUT2D eigenvalue weighted by Crippen LogP contribution is -1.88. The average molecular weight is 339 g/mol. The molecule has 4 rings (SSSR count). The third-order valence-electron chi connectivity index (χ3n) is 3.50. The van der Waals surface area contributed by atoms with Gasteiger partial charge in [-0.05, 0) is 35.9 Å². The van der Waals surface area contributed by atoms with Crippen molar-refractivity contribution in [2.75, 3.05) is 5.73 Å². The number of nitrogens with zero attached hydrogens (tertiary/aromatic N) is 3. The first kappa shape index (κ1) is 14.1. The second kappa shape index (κ2) is 5.61. The molecule has 0 radical (unpaired) electrons. The third-order valence-corrected chi connectivity index (χ3v) is 4.80. The van der Waals surface area contributed by atoms with Gasteiger partial charge >= 0.3 is 0 Å². The molecule has 0 amide bonds. The lowest BCUT2D eigenvalue weighted by Gasteiger charge is -2.02. The monoisotopic (exact) mass is 338 g/mol. The van der Waals surface area contributed by atoms with Crippen LogP contribution in [0.15, 0.2) is 55.0 Å². The van der Waals surface area contributed by atoms with Crippen LogP contribution in [0.3, 0.4) is 0 Å². The van der Waals surface area contributed by atoms with Gasteiger partial charge < -0.3 is 5.73 Å². The topological polar surface area (TPSA) is 64.7 Å². The zero-order chi connectivity index (χ0) is 15.8. The summed E-state index contributed by atoms with van der Waals surface area (Å²) in [5.74, 6) is 0. The maximum Gasteiger partial charge on any atom is 0.129 e. The molecule has 0 fully saturated rings. The highest BCUT2D eigenvalue weighted by molar-refractivity contribution is 7.21. The van der Waals surface area contributed by atoms with E-state index in [1.807, 2.05) is 36.4 Å². The van der Waals surface area contributed by atoms with Gasteiger partial charge in [-0.3, -0.25) is 0 Å². The SMILES string of the molecule is Nc1cccc(-c2ncnc3sc(-c4ccnc(Cl)c4)cc23)c1. The maximum atomic E-state index is 5.99. The molecule has 0 aliphatic carbocycles. The quantitative estimate of drug-likeness (QED) is 0.426. The van der Waals surface area contributed by atoms with Crippen LogP contribution < -0.4 is 5.73 Å². The Morgan fingerprint density at radius 2 is 1.87 bits per heavy atom. The van der Waals surface area contributed by atoms with Crippen molar-refractivity contribution < 1.29 is 0 Å². The Hall–Kier alpha value is -2.50. The summed E-state index contributed by atoms with van der Waals surface area (Å²) in [5.41, 5.74) is 9.48. The van der Waals surface area contributed by atoms with E-state index in [0.29, 0.717) is 10.8 Å². The molecule has 0 spiro atoms. The summed E-state index contributed by atoms with van der Waals surface area (Å²) >= 11 is 7.59. The molecule has 1 aromatic carbocycles. The summed E-state index contributed by atoms with van der Waals surface area (Å²) in [4.78, 5) is 14.9. The minimum Gasteiger partial charge on any atom is -0.399 e. The number of nitrogen functional groups attached to an aromatic ring is 1. The van der Waals surface area contributed by atoms with E-state index in [1.54, 1.807) is 23.9 Å². The van der Waals surface area contributed by atoms with Crippen LogP contribution in [-0.4, -0.2) is 15.0 Å². The van der Waals surface area contributed by atoms with E-state index in [-0.39, 0.29) is 0 Å². The van der Waals surface area contributed by atoms with E-state index < -0.39 is 0 Å². The van der Waals surface area contributed by atoms with E-state index in [1.165, 1.54) is 0 Å². The number of pyridine rings is 1. The van der Waals surface area contributed by atoms with Crippen LogP contribution in [0, 0.1) is 0 Å². The smallest absolute Gasteiger partial charge is 0.129 e. The summed E-state index contributed by atoms with van der Waals surface area (Å²) in [5, 5.41) is 1.48. The van der Waals surface area contributed by atoms with Gasteiger partial charge in [-0.1, -0.05) is 23.7 Å². The Labute approximate surface area is 141 Å². The van der Waals surface area contributed by atoms with Crippen LogP contribution in [-0.2, 0) is 0 Å². The zero-order valence-electron chi connectivity index (χ0n) is 11.9. The number of halogens is 1. The zero-order valence-corrected chi connectivity index (χ0v) is 13.5. The van der Waals surface area contributed by atoms with Gasteiger partial charge in [0.15, 0.2) is 0 Å². The van der Waals surface area contributed by atoms with E-state index in [0.717, 1.165) is 31.9 Å². The number of hydrogen-bond acceptors (Lipinski definition) is 5. The molecule has 0 aliphatic heterocycles. The van der Waals surface area contributed by atoms with Gasteiger partial charge in [0.1, 0.15) is 16.3 Å². The van der Waals surface area contributed by atoms with Crippen molar-refractivity contribution in [3.05, 3.63) is 60.1 Å². The lowest BCUT2D eigenvalue weighted by atomic mass is 10.1. The largest absolute Gasteiger partial charge is 0.399 e. The fraction of sp³-hybridized carbons (Fsp3) is 0. The van der Waals surface area contributed by atoms with Crippen molar-refractivity contribution in [2.45, 2.75) is 0 Å². The second-order valence-electron chi connectivity index (χ2n) is 5.04. The average Bonchev–Trinajstić information content (AvgIpc) is 2.99. The molecule has 4 nitrogen and oxygen atoms in total. The van der Waals surface area contributed by atoms with E-state index in [9.17, 15) is 0 Å². The highest BCUT2D eigenvalue weighted by atomic mass is 35.5. The number of rotatable bonds is 2. The van der Waals surface area contributed by atoms with E-state index in [2.05, 4.69) is 21.0 Å². The predicted molar refractivity (Wildman–Crippen MR) is 95.5 cm³/mol. The first-order valence-electron chi connectivity index (χ1n) is 6.93. The molecule has 3 aromatic heterocycles. The molecule has 112 valence electrons. The molecule has 0 saturated carbocycles. The number of benzene rings is 1. The molecule has 0 unspecified atom stereocenters. The van der Waals surface area contributed by atoms with E-state index in [4.69, 9.17) is 17.3 Å². The fourth-order valence-corrected chi connectivity index (χ4v) is 3.64. The standard InChI is InChI=1S/C17H11ClN4S/c18-15-7-10(4-5-20-15)14-8-13-16(21-9-22-17(13)23-14)11-2-1-3-12(19)6-11/h1-9H,19H2. The first-order chi connectivity index (χ1) is 11.2. The first-order valence-corrected chi connectivity index (χ1v) is 8.12. The van der Waals surface area contributed by atoms with E-state index >= 15 is 0 Å². The number of anilines is 1. The summed E-state index contributed by atoms with van der Waals surface area (Å²) in [6.45, 7) is 0. The van der Waals surface area contributed by atoms with Crippen LogP contribution in [0.5, 0.6) is 0 Å². The molecule has 0 aliphatic rings. The van der Waals surface area contributed by atoms with Crippen molar-refractivity contribution in [3.8, 4) is 21.7 Å². The number of nitrogens with two attached hydrogens (primary N) is 1. The van der Waals surface area contributed by atoms with Crippen molar-refractivity contribution in [1.29, 1.82) is 0 Å². The summed E-state index contributed by atoms with van der Waals surface area (Å²) in [6, 6.07) is 13.6. The number of fused-ring (bicyclic) bond motifs is 1. The summed E-state index contributed by atoms with van der Waals surface area (Å²) in [6.07, 6.45) is 3.28. The third kappa shape index (κ3) is 2.65. The van der Waals surface area contributed by atoms with Gasteiger partial charge in [0.2, 0.25) is 0 Å². The molecule has 0 saturated heterocycles. The van der Waals surface area contributed by atoms with Crippen LogP contribution >= 0.6 is 22.9 Å². The number of hydrogen-bond donors (Lipinski definition) is 1. The minimum atomic E-state index is 0.474. The van der Waals surface area contributed by atoms with Gasteiger partial charge in [0, 0.05) is 27.7 Å². The van der Waals surface area contributed by atoms with Crippen molar-refractivity contribution >= 4 is 38.8 Å². The minimum absolute atomic E-state index is 0.474. The molecular formula is C17H11ClN4S. The van der Waals surface area contributed by atoms with Gasteiger partial charge in [0.05, 0.1) is 5.69 Å². The van der Waals surface area contributed by atoms with Crippen molar-refractivity contribution in [2.24, 2.45) is 0 Å². The van der Waals surface area contributed by atoms with Crippen LogP contribution in [0.4, 0.5) is 5.69 Å². The Morgan fingerprint density at radius 1 is 0.957 bits per heavy atom. The second-order valence-corrected chi connectivity index (χ2v) is 6.46. The molecule has 2 N–H and O–H groups in total. The van der Waals surface area contributed by atoms with Gasteiger partial charge in [-0.2, -0.15) is 0 Å². The Kier molecular flexibility index (Phi) is 3.44. The Bertz CT molecular complexity index is 1010. The number of thiophene rings is 1. The fourth-order valence-electron chi connectivity index (χ4n) is 2.47. The van der Waals surface area contributed by atoms with Crippen molar-refractivity contribution in [1.82, 2.24) is 15.0 Å². The number of aromatic nitrogens is 3. The maximum absolute atomic E-state index is 5.99. The molecule has 0 atom stereocenters. The summed E-state index contributed by atoms with van der Waals surface area (Å²) in [7, 11) is 0. The van der Waals surface area contributed by atoms with Crippen LogP contribution in [0.1, 0.15) is 0 Å². The summed E-state index contributed by atoms with van der Waals surface area (Å²) < 4.78 is 0. The van der Waals surface area contributed by atoms with Gasteiger partial charge in [-0.15, -0.1) is 11.3 Å². The van der Waals surface area contributed by atoms with Crippen LogP contribution in [0.2, 0.25) is 5.15 Å². The molecule has 23 heavy (non-hydrogen) atoms. The molecule has 3 heterocycles. The van der Waals surface area contributed by atoms with Gasteiger partial charge in [-0.25, -0.2) is 15.0 Å². The van der Waals surface area contributed by atoms with Gasteiger partial charge in [0.25, 0.3) is 0 Å². The molecule has 4 aromatic rings. The Morgan fingerprint density at radius 3 is 2.70 bits per heavy atom. The highest BCUT2D eigenvalue weighted by Gasteiger charge is 2.12. The van der Waals surface area contributed by atoms with Crippen molar-refractivity contribution in [3.63, 3.8) is 0 Å². The molecular weight excluding hydrogens is 328 g/mol. The molecule has 6 heteroatoms. The predicted octanol–water partition coefficient (Wildman–Crippen LogP) is 4.66.